The van der Waals surface area contributed by atoms with Crippen LogP contribution in [0.4, 0.5) is 0 Å². The molecule has 1 aromatic heterocycles. The minimum atomic E-state index is 0.0668. The van der Waals surface area contributed by atoms with Crippen LogP contribution in [0.5, 0.6) is 0 Å². The summed E-state index contributed by atoms with van der Waals surface area (Å²) in [6.07, 6.45) is 6.67. The van der Waals surface area contributed by atoms with E-state index in [9.17, 15) is 0 Å². The van der Waals surface area contributed by atoms with E-state index in [4.69, 9.17) is 10.5 Å². The van der Waals surface area contributed by atoms with Crippen LogP contribution in [0, 0.1) is 0 Å². The second-order valence-electron chi connectivity index (χ2n) is 5.24. The topological polar surface area (TPSA) is 48.1 Å². The molecule has 0 spiro atoms. The summed E-state index contributed by atoms with van der Waals surface area (Å²) in [5.74, 6) is 0. The highest BCUT2D eigenvalue weighted by molar-refractivity contribution is 5.82. The maximum Gasteiger partial charge on any atom is 0.0705 e. The molecule has 1 aliphatic heterocycles. The van der Waals surface area contributed by atoms with E-state index in [1.807, 2.05) is 30.5 Å². The molecule has 2 aromatic rings. The summed E-state index contributed by atoms with van der Waals surface area (Å²) in [7, 11) is 0. The van der Waals surface area contributed by atoms with Crippen molar-refractivity contribution in [2.24, 2.45) is 5.73 Å². The van der Waals surface area contributed by atoms with Crippen LogP contribution in [0.15, 0.2) is 36.5 Å². The Labute approximate surface area is 113 Å². The number of pyridine rings is 1. The lowest BCUT2D eigenvalue weighted by Gasteiger charge is -2.16. The minimum Gasteiger partial charge on any atom is -0.378 e. The van der Waals surface area contributed by atoms with Crippen molar-refractivity contribution in [1.29, 1.82) is 0 Å². The van der Waals surface area contributed by atoms with Gasteiger partial charge in [0.1, 0.15) is 0 Å². The molecular weight excluding hydrogens is 236 g/mol. The first-order chi connectivity index (χ1) is 9.34. The zero-order chi connectivity index (χ0) is 13.1. The monoisotopic (exact) mass is 256 g/mol. The van der Waals surface area contributed by atoms with Crippen LogP contribution in [0.3, 0.4) is 0 Å². The number of nitrogens with zero attached hydrogens (tertiary/aromatic N) is 1. The van der Waals surface area contributed by atoms with Gasteiger partial charge in [-0.25, -0.2) is 0 Å². The largest absolute Gasteiger partial charge is 0.378 e. The van der Waals surface area contributed by atoms with Gasteiger partial charge in [-0.15, -0.1) is 0 Å². The van der Waals surface area contributed by atoms with Crippen molar-refractivity contribution < 1.29 is 4.74 Å². The Hall–Kier alpha value is -1.45. The smallest absolute Gasteiger partial charge is 0.0705 e. The molecule has 3 rings (SSSR count). The summed E-state index contributed by atoms with van der Waals surface area (Å²) in [6, 6.07) is 10.3. The highest BCUT2D eigenvalue weighted by atomic mass is 16.5. The summed E-state index contributed by atoms with van der Waals surface area (Å²) in [5.41, 5.74) is 8.57. The van der Waals surface area contributed by atoms with Crippen molar-refractivity contribution >= 4 is 10.9 Å². The van der Waals surface area contributed by atoms with Gasteiger partial charge in [0, 0.05) is 24.2 Å². The Bertz CT molecular complexity index is 544. The fourth-order valence-corrected chi connectivity index (χ4v) is 2.83. The van der Waals surface area contributed by atoms with Crippen molar-refractivity contribution in [3.63, 3.8) is 0 Å². The third kappa shape index (κ3) is 2.77. The molecule has 0 aliphatic carbocycles. The van der Waals surface area contributed by atoms with Crippen LogP contribution >= 0.6 is 0 Å². The van der Waals surface area contributed by atoms with E-state index < -0.39 is 0 Å². The highest BCUT2D eigenvalue weighted by Gasteiger charge is 2.18. The van der Waals surface area contributed by atoms with E-state index in [1.54, 1.807) is 0 Å². The van der Waals surface area contributed by atoms with Crippen molar-refractivity contribution in [1.82, 2.24) is 4.98 Å². The molecule has 3 nitrogen and oxygen atoms in total. The van der Waals surface area contributed by atoms with Gasteiger partial charge in [-0.1, -0.05) is 18.2 Å². The second-order valence-corrected chi connectivity index (χ2v) is 5.24. The van der Waals surface area contributed by atoms with Gasteiger partial charge in [0.25, 0.3) is 0 Å². The molecule has 0 radical (unpaired) electrons. The first-order valence-electron chi connectivity index (χ1n) is 7.05. The molecule has 0 saturated carbocycles. The van der Waals surface area contributed by atoms with Gasteiger partial charge >= 0.3 is 0 Å². The molecule has 0 amide bonds. The van der Waals surface area contributed by atoms with Crippen LogP contribution in [-0.2, 0) is 4.74 Å². The summed E-state index contributed by atoms with van der Waals surface area (Å²) in [4.78, 5) is 4.38. The molecule has 1 aromatic carbocycles. The molecule has 19 heavy (non-hydrogen) atoms. The number of benzene rings is 1. The first kappa shape index (κ1) is 12.6. The molecule has 1 saturated heterocycles. The maximum absolute atomic E-state index is 6.36. The molecule has 2 N–H and O–H groups in total. The summed E-state index contributed by atoms with van der Waals surface area (Å²) < 4.78 is 5.66. The summed E-state index contributed by atoms with van der Waals surface area (Å²) in [5, 5.41) is 1.17. The average molecular weight is 256 g/mol. The van der Waals surface area contributed by atoms with E-state index in [0.717, 1.165) is 25.0 Å². The van der Waals surface area contributed by atoms with Crippen LogP contribution in [0.25, 0.3) is 10.9 Å². The highest BCUT2D eigenvalue weighted by Crippen LogP contribution is 2.26. The van der Waals surface area contributed by atoms with Gasteiger partial charge in [0.2, 0.25) is 0 Å². The first-order valence-corrected chi connectivity index (χ1v) is 7.05. The number of hydrogen-bond donors (Lipinski definition) is 1. The van der Waals surface area contributed by atoms with Gasteiger partial charge in [-0.05, 0) is 43.4 Å². The molecule has 100 valence electrons. The Kier molecular flexibility index (Phi) is 3.76. The predicted octanol–water partition coefficient (Wildman–Crippen LogP) is 3.19. The minimum absolute atomic E-state index is 0.0668. The van der Waals surface area contributed by atoms with E-state index in [1.165, 1.54) is 23.8 Å². The zero-order valence-electron chi connectivity index (χ0n) is 11.1. The third-order valence-electron chi connectivity index (χ3n) is 3.91. The lowest BCUT2D eigenvalue weighted by molar-refractivity contribution is 0.101. The Balaban J connectivity index is 1.75. The van der Waals surface area contributed by atoms with Gasteiger partial charge in [0.15, 0.2) is 0 Å². The van der Waals surface area contributed by atoms with E-state index >= 15 is 0 Å². The van der Waals surface area contributed by atoms with Crippen molar-refractivity contribution in [2.45, 2.75) is 37.8 Å². The van der Waals surface area contributed by atoms with Crippen LogP contribution in [0.1, 0.15) is 37.3 Å². The molecule has 2 atom stereocenters. The van der Waals surface area contributed by atoms with Crippen LogP contribution in [0.2, 0.25) is 0 Å². The standard InChI is InChI=1S/C16H20N2O/c17-15(8-7-12-4-3-11-19-12)13-9-10-18-16-6-2-1-5-14(13)16/h1-2,5-6,9-10,12,15H,3-4,7-8,11,17H2. The lowest BCUT2D eigenvalue weighted by Crippen LogP contribution is -2.14. The molecule has 2 heterocycles. The summed E-state index contributed by atoms with van der Waals surface area (Å²) >= 11 is 0. The molecule has 0 bridgehead atoms. The van der Waals surface area contributed by atoms with Gasteiger partial charge in [0.05, 0.1) is 11.6 Å². The molecule has 2 unspecified atom stereocenters. The third-order valence-corrected chi connectivity index (χ3v) is 3.91. The van der Waals surface area contributed by atoms with Crippen molar-refractivity contribution in [3.05, 3.63) is 42.1 Å². The summed E-state index contributed by atoms with van der Waals surface area (Å²) in [6.45, 7) is 0.915. The van der Waals surface area contributed by atoms with Crippen LogP contribution in [-0.4, -0.2) is 17.7 Å². The molecule has 3 heteroatoms. The number of fused-ring (bicyclic) bond motifs is 1. The molecular formula is C16H20N2O. The SMILES string of the molecule is NC(CCC1CCCO1)c1ccnc2ccccc12. The number of rotatable bonds is 4. The fraction of sp³-hybridized carbons (Fsp3) is 0.438. The van der Waals surface area contributed by atoms with E-state index in [-0.39, 0.29) is 6.04 Å². The maximum atomic E-state index is 6.36. The predicted molar refractivity (Wildman–Crippen MR) is 76.9 cm³/mol. The van der Waals surface area contributed by atoms with Crippen molar-refractivity contribution in [3.8, 4) is 0 Å². The Morgan fingerprint density at radius 1 is 1.32 bits per heavy atom. The number of ether oxygens (including phenoxy) is 1. The Morgan fingerprint density at radius 3 is 3.05 bits per heavy atom. The average Bonchev–Trinajstić information content (AvgIpc) is 2.97. The van der Waals surface area contributed by atoms with E-state index in [2.05, 4.69) is 11.1 Å². The number of hydrogen-bond acceptors (Lipinski definition) is 3. The normalized spacial score (nSPS) is 20.8. The quantitative estimate of drug-likeness (QED) is 0.913. The fourth-order valence-electron chi connectivity index (χ4n) is 2.83. The van der Waals surface area contributed by atoms with E-state index in [0.29, 0.717) is 6.10 Å². The van der Waals surface area contributed by atoms with Gasteiger partial charge in [-0.2, -0.15) is 0 Å². The molecule has 1 aliphatic rings. The number of aromatic nitrogens is 1. The van der Waals surface area contributed by atoms with Gasteiger partial charge in [-0.3, -0.25) is 4.98 Å². The molecule has 1 fully saturated rings. The second kappa shape index (κ2) is 5.68. The van der Waals surface area contributed by atoms with Crippen molar-refractivity contribution in [2.75, 3.05) is 6.61 Å². The van der Waals surface area contributed by atoms with Crippen LogP contribution < -0.4 is 5.73 Å². The zero-order valence-corrected chi connectivity index (χ0v) is 11.1. The number of para-hydroxylation sites is 1. The number of nitrogens with two attached hydrogens (primary N) is 1. The lowest BCUT2D eigenvalue weighted by atomic mass is 9.97. The van der Waals surface area contributed by atoms with Gasteiger partial charge < -0.3 is 10.5 Å². The Morgan fingerprint density at radius 2 is 2.21 bits per heavy atom.